The second kappa shape index (κ2) is 4.12. The number of aliphatic carboxylic acids is 1. The normalized spacial score (nSPS) is 16.7. The van der Waals surface area contributed by atoms with Gasteiger partial charge >= 0.3 is 5.97 Å². The van der Waals surface area contributed by atoms with Gasteiger partial charge in [0.2, 0.25) is 0 Å². The van der Waals surface area contributed by atoms with Crippen molar-refractivity contribution >= 4 is 11.9 Å². The van der Waals surface area contributed by atoms with Crippen LogP contribution >= 0.6 is 0 Å². The number of carboxylic acids is 1. The third kappa shape index (κ3) is 2.10. The summed E-state index contributed by atoms with van der Waals surface area (Å²) in [5, 5.41) is 15.7. The molecule has 0 bridgehead atoms. The highest BCUT2D eigenvalue weighted by atomic mass is 16.4. The van der Waals surface area contributed by atoms with E-state index in [0.29, 0.717) is 12.8 Å². The fourth-order valence-electron chi connectivity index (χ4n) is 1.93. The van der Waals surface area contributed by atoms with Crippen molar-refractivity contribution in [1.82, 2.24) is 15.1 Å². The van der Waals surface area contributed by atoms with Crippen LogP contribution < -0.4 is 5.32 Å². The Balaban J connectivity index is 2.15. The molecule has 0 unspecified atom stereocenters. The maximum atomic E-state index is 11.9. The molecular formula is C12H17N3O3. The molecule has 1 aromatic heterocycles. The van der Waals surface area contributed by atoms with E-state index in [4.69, 9.17) is 5.11 Å². The van der Waals surface area contributed by atoms with Crippen molar-refractivity contribution in [2.24, 2.45) is 7.05 Å². The van der Waals surface area contributed by atoms with Crippen LogP contribution in [0.3, 0.4) is 0 Å². The van der Waals surface area contributed by atoms with Crippen molar-refractivity contribution in [3.63, 3.8) is 0 Å². The van der Waals surface area contributed by atoms with Gasteiger partial charge in [0.05, 0.1) is 0 Å². The van der Waals surface area contributed by atoms with E-state index < -0.39 is 17.4 Å². The van der Waals surface area contributed by atoms with Crippen LogP contribution in [0.25, 0.3) is 0 Å². The minimum absolute atomic E-state index is 0.262. The van der Waals surface area contributed by atoms with Gasteiger partial charge in [-0.25, -0.2) is 4.79 Å². The molecule has 1 aliphatic carbocycles. The molecule has 2 rings (SSSR count). The number of nitrogens with zero attached hydrogens (tertiary/aromatic N) is 2. The molecule has 1 saturated carbocycles. The van der Waals surface area contributed by atoms with Crippen LogP contribution in [0.5, 0.6) is 0 Å². The lowest BCUT2D eigenvalue weighted by Gasteiger charge is -2.10. The van der Waals surface area contributed by atoms with E-state index in [2.05, 4.69) is 10.4 Å². The Bertz CT molecular complexity index is 501. The van der Waals surface area contributed by atoms with Gasteiger partial charge in [0.1, 0.15) is 11.2 Å². The van der Waals surface area contributed by atoms with Crippen LogP contribution in [-0.4, -0.2) is 32.3 Å². The van der Waals surface area contributed by atoms with Gasteiger partial charge in [-0.2, -0.15) is 5.10 Å². The topological polar surface area (TPSA) is 84.2 Å². The van der Waals surface area contributed by atoms with Crippen LogP contribution in [0.2, 0.25) is 0 Å². The number of rotatable bonds is 4. The number of amides is 1. The zero-order valence-corrected chi connectivity index (χ0v) is 10.7. The molecule has 0 saturated heterocycles. The van der Waals surface area contributed by atoms with E-state index >= 15 is 0 Å². The summed E-state index contributed by atoms with van der Waals surface area (Å²) in [5.41, 5.74) is 0.154. The molecule has 6 heteroatoms. The predicted octanol–water partition coefficient (Wildman–Crippen LogP) is 0.890. The van der Waals surface area contributed by atoms with E-state index in [1.807, 2.05) is 13.8 Å². The minimum atomic E-state index is -1.06. The van der Waals surface area contributed by atoms with Gasteiger partial charge in [-0.15, -0.1) is 0 Å². The molecule has 0 aromatic carbocycles. The summed E-state index contributed by atoms with van der Waals surface area (Å²) in [6.07, 6.45) is 0.968. The highest BCUT2D eigenvalue weighted by Gasteiger charge is 2.51. The summed E-state index contributed by atoms with van der Waals surface area (Å²) in [6.45, 7) is 4.02. The molecule has 1 fully saturated rings. The molecule has 0 radical (unpaired) electrons. The van der Waals surface area contributed by atoms with E-state index in [9.17, 15) is 9.59 Å². The van der Waals surface area contributed by atoms with E-state index in [1.165, 1.54) is 0 Å². The number of carbonyl (C=O) groups is 2. The van der Waals surface area contributed by atoms with Gasteiger partial charge in [-0.05, 0) is 24.8 Å². The second-order valence-corrected chi connectivity index (χ2v) is 5.07. The van der Waals surface area contributed by atoms with Crippen molar-refractivity contribution in [2.45, 2.75) is 38.1 Å². The molecule has 0 atom stereocenters. The summed E-state index contributed by atoms with van der Waals surface area (Å²) in [5.74, 6) is -1.13. The highest BCUT2D eigenvalue weighted by molar-refractivity contribution is 5.97. The first-order chi connectivity index (χ1) is 8.35. The van der Waals surface area contributed by atoms with E-state index in [1.54, 1.807) is 17.8 Å². The largest absolute Gasteiger partial charge is 0.480 e. The number of hydrogen-bond donors (Lipinski definition) is 2. The Labute approximate surface area is 105 Å². The highest BCUT2D eigenvalue weighted by Crippen LogP contribution is 2.35. The Morgan fingerprint density at radius 2 is 2.11 bits per heavy atom. The third-order valence-corrected chi connectivity index (χ3v) is 3.25. The molecule has 2 N–H and O–H groups in total. The summed E-state index contributed by atoms with van der Waals surface area (Å²) in [4.78, 5) is 22.9. The maximum Gasteiger partial charge on any atom is 0.329 e. The molecule has 1 amide bonds. The number of carboxylic acid groups (broad SMARTS) is 1. The molecule has 0 spiro atoms. The number of hydrogen-bond acceptors (Lipinski definition) is 3. The zero-order chi connectivity index (χ0) is 13.5. The molecule has 98 valence electrons. The monoisotopic (exact) mass is 251 g/mol. The number of aryl methyl sites for hydroxylation is 1. The predicted molar refractivity (Wildman–Crippen MR) is 64.4 cm³/mol. The fourth-order valence-corrected chi connectivity index (χ4v) is 1.93. The van der Waals surface area contributed by atoms with E-state index in [0.717, 1.165) is 5.69 Å². The Morgan fingerprint density at radius 3 is 2.50 bits per heavy atom. The van der Waals surface area contributed by atoms with E-state index in [-0.39, 0.29) is 11.6 Å². The van der Waals surface area contributed by atoms with Gasteiger partial charge in [0.15, 0.2) is 0 Å². The smallest absolute Gasteiger partial charge is 0.329 e. The van der Waals surface area contributed by atoms with Gasteiger partial charge in [-0.1, -0.05) is 13.8 Å². The van der Waals surface area contributed by atoms with Crippen LogP contribution in [0.15, 0.2) is 6.07 Å². The summed E-state index contributed by atoms with van der Waals surface area (Å²) in [7, 11) is 1.77. The molecule has 18 heavy (non-hydrogen) atoms. The van der Waals surface area contributed by atoms with Gasteiger partial charge in [-0.3, -0.25) is 9.48 Å². The molecule has 6 nitrogen and oxygen atoms in total. The van der Waals surface area contributed by atoms with Gasteiger partial charge in [0, 0.05) is 12.7 Å². The zero-order valence-electron chi connectivity index (χ0n) is 10.7. The standard InChI is InChI=1S/C12H17N3O3/c1-7(2)9-6-8(14-15(9)3)10(16)13-12(4-5-12)11(17)18/h6-7H,4-5H2,1-3H3,(H,13,16)(H,17,18). The molecule has 1 aromatic rings. The number of carbonyl (C=O) groups excluding carboxylic acids is 1. The third-order valence-electron chi connectivity index (χ3n) is 3.25. The van der Waals surface area contributed by atoms with Gasteiger partial charge < -0.3 is 10.4 Å². The van der Waals surface area contributed by atoms with Crippen LogP contribution in [0, 0.1) is 0 Å². The van der Waals surface area contributed by atoms with Gasteiger partial charge in [0.25, 0.3) is 5.91 Å². The van der Waals surface area contributed by atoms with Crippen LogP contribution in [0.4, 0.5) is 0 Å². The van der Waals surface area contributed by atoms with Crippen molar-refractivity contribution in [2.75, 3.05) is 0 Å². The lowest BCUT2D eigenvalue weighted by atomic mass is 10.1. The minimum Gasteiger partial charge on any atom is -0.480 e. The van der Waals surface area contributed by atoms with Crippen molar-refractivity contribution in [3.8, 4) is 0 Å². The lowest BCUT2D eigenvalue weighted by Crippen LogP contribution is -2.43. The number of nitrogens with one attached hydrogen (secondary N) is 1. The first-order valence-corrected chi connectivity index (χ1v) is 5.95. The first kappa shape index (κ1) is 12.6. The van der Waals surface area contributed by atoms with Crippen molar-refractivity contribution < 1.29 is 14.7 Å². The molecule has 1 heterocycles. The SMILES string of the molecule is CC(C)c1cc(C(=O)NC2(C(=O)O)CC2)nn1C. The summed E-state index contributed by atoms with van der Waals surface area (Å²) >= 11 is 0. The Hall–Kier alpha value is -1.85. The van der Waals surface area contributed by atoms with Crippen molar-refractivity contribution in [3.05, 3.63) is 17.5 Å². The Morgan fingerprint density at radius 1 is 1.50 bits per heavy atom. The average Bonchev–Trinajstić information content (AvgIpc) is 2.94. The number of aromatic nitrogens is 2. The fraction of sp³-hybridized carbons (Fsp3) is 0.583. The second-order valence-electron chi connectivity index (χ2n) is 5.07. The quantitative estimate of drug-likeness (QED) is 0.832. The summed E-state index contributed by atoms with van der Waals surface area (Å²) < 4.78 is 1.65. The Kier molecular flexibility index (Phi) is 2.88. The van der Waals surface area contributed by atoms with Crippen molar-refractivity contribution in [1.29, 1.82) is 0 Å². The summed E-state index contributed by atoms with van der Waals surface area (Å²) in [6, 6.07) is 1.71. The van der Waals surface area contributed by atoms with Crippen LogP contribution in [-0.2, 0) is 11.8 Å². The average molecular weight is 251 g/mol. The first-order valence-electron chi connectivity index (χ1n) is 5.95. The maximum absolute atomic E-state index is 11.9. The molecule has 0 aliphatic heterocycles. The molecule has 1 aliphatic rings. The molecular weight excluding hydrogens is 234 g/mol. The lowest BCUT2D eigenvalue weighted by molar-refractivity contribution is -0.140. The van der Waals surface area contributed by atoms with Crippen LogP contribution in [0.1, 0.15) is 48.8 Å².